The van der Waals surface area contributed by atoms with Gasteiger partial charge in [-0.25, -0.2) is 0 Å². The summed E-state index contributed by atoms with van der Waals surface area (Å²) in [6.07, 6.45) is 5.84. The Bertz CT molecular complexity index is 1140. The number of nitrogens with zero attached hydrogens (tertiary/aromatic N) is 2. The molecule has 1 unspecified atom stereocenters. The van der Waals surface area contributed by atoms with E-state index in [1.807, 2.05) is 60.0 Å². The molecule has 0 spiro atoms. The maximum atomic E-state index is 13.8. The Morgan fingerprint density at radius 3 is 2.52 bits per heavy atom. The van der Waals surface area contributed by atoms with Gasteiger partial charge in [-0.15, -0.1) is 0 Å². The SMILES string of the molecule is COc1ccc(CN2C(=O)c3ccc(-c4ccco4)n3CC2(C)C(=O)NC2CCCC2)cc1. The van der Waals surface area contributed by atoms with Gasteiger partial charge in [0.15, 0.2) is 0 Å². The van der Waals surface area contributed by atoms with Crippen LogP contribution in [0.2, 0.25) is 0 Å². The number of benzene rings is 1. The summed E-state index contributed by atoms with van der Waals surface area (Å²) >= 11 is 0. The molecule has 1 aliphatic heterocycles. The largest absolute Gasteiger partial charge is 0.497 e. The monoisotopic (exact) mass is 447 g/mol. The molecule has 1 N–H and O–H groups in total. The van der Waals surface area contributed by atoms with Crippen LogP contribution in [0, 0.1) is 0 Å². The van der Waals surface area contributed by atoms with Crippen LogP contribution in [0.5, 0.6) is 5.75 Å². The third kappa shape index (κ3) is 3.81. The first kappa shape index (κ1) is 21.4. The Morgan fingerprint density at radius 2 is 1.85 bits per heavy atom. The third-order valence-electron chi connectivity index (χ3n) is 6.96. The molecule has 1 fully saturated rings. The second-order valence-electron chi connectivity index (χ2n) is 9.14. The molecule has 1 saturated carbocycles. The quantitative estimate of drug-likeness (QED) is 0.614. The standard InChI is InChI=1S/C26H29N3O4/c1-26(25(31)27-19-6-3-4-7-19)17-28-21(23-8-5-15-33-23)13-14-22(28)24(30)29(26)16-18-9-11-20(32-2)12-10-18/h5,8-15,19H,3-4,6-7,16-17H2,1-2H3,(H,27,31). The fourth-order valence-electron chi connectivity index (χ4n) is 4.98. The molecule has 1 aromatic carbocycles. The zero-order valence-corrected chi connectivity index (χ0v) is 19.0. The Morgan fingerprint density at radius 1 is 1.12 bits per heavy atom. The van der Waals surface area contributed by atoms with Crippen LogP contribution < -0.4 is 10.1 Å². The highest BCUT2D eigenvalue weighted by molar-refractivity contribution is 6.00. The Hall–Kier alpha value is -3.48. The number of nitrogens with one attached hydrogen (secondary N) is 1. The summed E-state index contributed by atoms with van der Waals surface area (Å²) in [5.74, 6) is 1.15. The van der Waals surface area contributed by atoms with Crippen molar-refractivity contribution in [2.75, 3.05) is 7.11 Å². The molecular formula is C26H29N3O4. The molecule has 5 rings (SSSR count). The Labute approximate surface area is 193 Å². The molecule has 172 valence electrons. The van der Waals surface area contributed by atoms with Crippen molar-refractivity contribution in [1.29, 1.82) is 0 Å². The van der Waals surface area contributed by atoms with Gasteiger partial charge in [-0.1, -0.05) is 25.0 Å². The van der Waals surface area contributed by atoms with Gasteiger partial charge in [0.25, 0.3) is 5.91 Å². The summed E-state index contributed by atoms with van der Waals surface area (Å²) in [5, 5.41) is 3.23. The molecule has 7 nitrogen and oxygen atoms in total. The number of carbonyl (C=O) groups excluding carboxylic acids is 2. The van der Waals surface area contributed by atoms with E-state index in [1.165, 1.54) is 0 Å². The van der Waals surface area contributed by atoms with Gasteiger partial charge in [0, 0.05) is 12.6 Å². The van der Waals surface area contributed by atoms with E-state index in [0.717, 1.165) is 42.7 Å². The van der Waals surface area contributed by atoms with E-state index in [0.29, 0.717) is 24.5 Å². The average molecular weight is 448 g/mol. The van der Waals surface area contributed by atoms with Crippen molar-refractivity contribution >= 4 is 11.8 Å². The highest BCUT2D eigenvalue weighted by Crippen LogP contribution is 2.35. The number of furan rings is 1. The number of methoxy groups -OCH3 is 1. The van der Waals surface area contributed by atoms with Crippen LogP contribution in [0.3, 0.4) is 0 Å². The first-order valence-electron chi connectivity index (χ1n) is 11.5. The number of ether oxygens (including phenoxy) is 1. The maximum Gasteiger partial charge on any atom is 0.271 e. The third-order valence-corrected chi connectivity index (χ3v) is 6.96. The van der Waals surface area contributed by atoms with E-state index in [9.17, 15) is 9.59 Å². The average Bonchev–Trinajstić information content (AvgIpc) is 3.59. The summed E-state index contributed by atoms with van der Waals surface area (Å²) in [4.78, 5) is 29.2. The second kappa shape index (κ2) is 8.46. The first-order chi connectivity index (χ1) is 16.0. The van der Waals surface area contributed by atoms with E-state index in [2.05, 4.69) is 5.32 Å². The summed E-state index contributed by atoms with van der Waals surface area (Å²) in [7, 11) is 1.62. The van der Waals surface area contributed by atoms with Gasteiger partial charge in [-0.3, -0.25) is 9.59 Å². The smallest absolute Gasteiger partial charge is 0.271 e. The molecule has 33 heavy (non-hydrogen) atoms. The molecule has 1 aliphatic carbocycles. The predicted molar refractivity (Wildman–Crippen MR) is 124 cm³/mol. The lowest BCUT2D eigenvalue weighted by Gasteiger charge is -2.44. The molecule has 1 atom stereocenters. The number of fused-ring (bicyclic) bond motifs is 1. The molecule has 0 bridgehead atoms. The van der Waals surface area contributed by atoms with Crippen LogP contribution in [-0.4, -0.2) is 40.0 Å². The van der Waals surface area contributed by atoms with Crippen molar-refractivity contribution in [3.8, 4) is 17.2 Å². The number of amides is 2. The van der Waals surface area contributed by atoms with E-state index in [-0.39, 0.29) is 17.9 Å². The lowest BCUT2D eigenvalue weighted by Crippen LogP contribution is -2.64. The van der Waals surface area contributed by atoms with Gasteiger partial charge in [0.2, 0.25) is 5.91 Å². The topological polar surface area (TPSA) is 76.7 Å². The predicted octanol–water partition coefficient (Wildman–Crippen LogP) is 4.23. The van der Waals surface area contributed by atoms with Gasteiger partial charge in [-0.05, 0) is 61.7 Å². The normalized spacial score (nSPS) is 20.7. The van der Waals surface area contributed by atoms with Gasteiger partial charge in [0.05, 0.1) is 25.6 Å². The fourth-order valence-corrected chi connectivity index (χ4v) is 4.98. The van der Waals surface area contributed by atoms with Crippen molar-refractivity contribution in [2.45, 2.75) is 57.3 Å². The van der Waals surface area contributed by atoms with Crippen molar-refractivity contribution < 1.29 is 18.7 Å². The van der Waals surface area contributed by atoms with Gasteiger partial charge in [0.1, 0.15) is 22.7 Å². The minimum Gasteiger partial charge on any atom is -0.497 e. The molecule has 3 heterocycles. The number of carbonyl (C=O) groups is 2. The van der Waals surface area contributed by atoms with Crippen LogP contribution in [0.1, 0.15) is 48.7 Å². The molecule has 0 saturated heterocycles. The van der Waals surface area contributed by atoms with Crippen LogP contribution in [0.4, 0.5) is 0 Å². The van der Waals surface area contributed by atoms with Gasteiger partial charge >= 0.3 is 0 Å². The highest BCUT2D eigenvalue weighted by Gasteiger charge is 2.48. The first-order valence-corrected chi connectivity index (χ1v) is 11.5. The zero-order chi connectivity index (χ0) is 23.0. The minimum absolute atomic E-state index is 0.110. The lowest BCUT2D eigenvalue weighted by molar-refractivity contribution is -0.133. The summed E-state index contributed by atoms with van der Waals surface area (Å²) in [6, 6.07) is 15.2. The summed E-state index contributed by atoms with van der Waals surface area (Å²) in [6.45, 7) is 2.55. The van der Waals surface area contributed by atoms with E-state index in [4.69, 9.17) is 9.15 Å². The Balaban J connectivity index is 1.52. The molecule has 2 amide bonds. The second-order valence-corrected chi connectivity index (χ2v) is 9.14. The number of hydrogen-bond acceptors (Lipinski definition) is 4. The summed E-state index contributed by atoms with van der Waals surface area (Å²) in [5.41, 5.74) is 1.25. The molecule has 3 aromatic rings. The lowest BCUT2D eigenvalue weighted by atomic mass is 9.93. The number of rotatable bonds is 6. The number of hydrogen-bond donors (Lipinski definition) is 1. The molecule has 2 aliphatic rings. The van der Waals surface area contributed by atoms with Crippen LogP contribution >= 0.6 is 0 Å². The van der Waals surface area contributed by atoms with Gasteiger partial charge < -0.3 is 23.9 Å². The highest BCUT2D eigenvalue weighted by atomic mass is 16.5. The molecule has 7 heteroatoms. The minimum atomic E-state index is -1.05. The van der Waals surface area contributed by atoms with E-state index in [1.54, 1.807) is 18.3 Å². The Kier molecular flexibility index (Phi) is 5.48. The van der Waals surface area contributed by atoms with Crippen LogP contribution in [-0.2, 0) is 17.9 Å². The van der Waals surface area contributed by atoms with Crippen LogP contribution in [0.15, 0.2) is 59.2 Å². The van der Waals surface area contributed by atoms with Crippen molar-refractivity contribution in [2.24, 2.45) is 0 Å². The fraction of sp³-hybridized carbons (Fsp3) is 0.385. The number of aromatic nitrogens is 1. The molecule has 0 radical (unpaired) electrons. The molecule has 2 aromatic heterocycles. The van der Waals surface area contributed by atoms with Crippen molar-refractivity contribution in [3.05, 3.63) is 66.1 Å². The zero-order valence-electron chi connectivity index (χ0n) is 19.0. The molecular weight excluding hydrogens is 418 g/mol. The van der Waals surface area contributed by atoms with E-state index < -0.39 is 5.54 Å². The van der Waals surface area contributed by atoms with Crippen LogP contribution in [0.25, 0.3) is 11.5 Å². The summed E-state index contributed by atoms with van der Waals surface area (Å²) < 4.78 is 12.8. The van der Waals surface area contributed by atoms with Gasteiger partial charge in [-0.2, -0.15) is 0 Å². The van der Waals surface area contributed by atoms with Crippen molar-refractivity contribution in [3.63, 3.8) is 0 Å². The van der Waals surface area contributed by atoms with Crippen molar-refractivity contribution in [1.82, 2.24) is 14.8 Å². The maximum absolute atomic E-state index is 13.8. The van der Waals surface area contributed by atoms with E-state index >= 15 is 0 Å².